The summed E-state index contributed by atoms with van der Waals surface area (Å²) in [5.74, 6) is 1.16. The van der Waals surface area contributed by atoms with Crippen molar-refractivity contribution >= 4 is 5.91 Å². The number of benzene rings is 2. The SMILES string of the molecule is CN(C)C(=O)c1ccc(Oc2ccc(F)c3c2CCC3)cc1. The second-order valence-corrected chi connectivity index (χ2v) is 5.68. The van der Waals surface area contributed by atoms with Crippen molar-refractivity contribution in [3.8, 4) is 11.5 Å². The number of carbonyl (C=O) groups is 1. The topological polar surface area (TPSA) is 29.5 Å². The first-order valence-electron chi connectivity index (χ1n) is 7.36. The van der Waals surface area contributed by atoms with Gasteiger partial charge in [0, 0.05) is 25.2 Å². The van der Waals surface area contributed by atoms with Gasteiger partial charge in [-0.15, -0.1) is 0 Å². The van der Waals surface area contributed by atoms with Gasteiger partial charge in [-0.05, 0) is 61.2 Å². The Hall–Kier alpha value is -2.36. The minimum Gasteiger partial charge on any atom is -0.457 e. The molecule has 4 heteroatoms. The maximum atomic E-state index is 13.7. The Bertz CT molecular complexity index is 708. The monoisotopic (exact) mass is 299 g/mol. The van der Waals surface area contributed by atoms with Gasteiger partial charge in [-0.3, -0.25) is 4.79 Å². The van der Waals surface area contributed by atoms with Gasteiger partial charge in [-0.25, -0.2) is 4.39 Å². The summed E-state index contributed by atoms with van der Waals surface area (Å²) in [4.78, 5) is 13.4. The van der Waals surface area contributed by atoms with Gasteiger partial charge in [0.2, 0.25) is 0 Å². The van der Waals surface area contributed by atoms with Gasteiger partial charge in [0.15, 0.2) is 0 Å². The standard InChI is InChI=1S/C18H18FNO2/c1-20(2)18(21)12-6-8-13(9-7-12)22-17-11-10-16(19)14-4-3-5-15(14)17/h6-11H,3-5H2,1-2H3. The van der Waals surface area contributed by atoms with Crippen LogP contribution in [0.2, 0.25) is 0 Å². The average Bonchev–Trinajstić information content (AvgIpc) is 3.01. The predicted octanol–water partition coefficient (Wildman–Crippen LogP) is 3.81. The van der Waals surface area contributed by atoms with Crippen molar-refractivity contribution < 1.29 is 13.9 Å². The van der Waals surface area contributed by atoms with Crippen molar-refractivity contribution in [1.82, 2.24) is 4.90 Å². The molecule has 3 nitrogen and oxygen atoms in total. The van der Waals surface area contributed by atoms with Crippen molar-refractivity contribution in [2.24, 2.45) is 0 Å². The van der Waals surface area contributed by atoms with Gasteiger partial charge < -0.3 is 9.64 Å². The molecule has 2 aromatic carbocycles. The number of nitrogens with zero attached hydrogens (tertiary/aromatic N) is 1. The maximum Gasteiger partial charge on any atom is 0.253 e. The fourth-order valence-electron chi connectivity index (χ4n) is 2.78. The Morgan fingerprint density at radius 2 is 1.73 bits per heavy atom. The van der Waals surface area contributed by atoms with Crippen LogP contribution in [-0.2, 0) is 12.8 Å². The molecular weight excluding hydrogens is 281 g/mol. The molecular formula is C18H18FNO2. The average molecular weight is 299 g/mol. The van der Waals surface area contributed by atoms with E-state index in [-0.39, 0.29) is 11.7 Å². The lowest BCUT2D eigenvalue weighted by atomic mass is 10.1. The zero-order valence-electron chi connectivity index (χ0n) is 12.7. The van der Waals surface area contributed by atoms with E-state index in [0.29, 0.717) is 17.1 Å². The zero-order valence-corrected chi connectivity index (χ0v) is 12.7. The van der Waals surface area contributed by atoms with Gasteiger partial charge in [0.1, 0.15) is 17.3 Å². The van der Waals surface area contributed by atoms with Crippen molar-refractivity contribution in [3.63, 3.8) is 0 Å². The molecule has 1 aliphatic rings. The number of amides is 1. The molecule has 1 aliphatic carbocycles. The van der Waals surface area contributed by atoms with E-state index in [1.165, 1.54) is 11.0 Å². The molecule has 0 bridgehead atoms. The van der Waals surface area contributed by atoms with E-state index in [1.807, 2.05) is 0 Å². The minimum absolute atomic E-state index is 0.0470. The lowest BCUT2D eigenvalue weighted by molar-refractivity contribution is 0.0827. The first kappa shape index (κ1) is 14.6. The number of fused-ring (bicyclic) bond motifs is 1. The molecule has 0 heterocycles. The summed E-state index contributed by atoms with van der Waals surface area (Å²) < 4.78 is 19.6. The fraction of sp³-hybridized carbons (Fsp3) is 0.278. The van der Waals surface area contributed by atoms with Gasteiger partial charge >= 0.3 is 0 Å². The van der Waals surface area contributed by atoms with E-state index in [9.17, 15) is 9.18 Å². The van der Waals surface area contributed by atoms with Crippen LogP contribution in [0.5, 0.6) is 11.5 Å². The van der Waals surface area contributed by atoms with Crippen LogP contribution in [-0.4, -0.2) is 24.9 Å². The van der Waals surface area contributed by atoms with Gasteiger partial charge in [-0.1, -0.05) is 0 Å². The molecule has 0 radical (unpaired) electrons. The smallest absolute Gasteiger partial charge is 0.253 e. The third kappa shape index (κ3) is 2.69. The van der Waals surface area contributed by atoms with Crippen LogP contribution in [0.25, 0.3) is 0 Å². The van der Waals surface area contributed by atoms with Crippen LogP contribution >= 0.6 is 0 Å². The molecule has 0 saturated heterocycles. The molecule has 1 amide bonds. The fourth-order valence-corrected chi connectivity index (χ4v) is 2.78. The molecule has 0 atom stereocenters. The summed E-state index contributed by atoms with van der Waals surface area (Å²) in [6.45, 7) is 0. The molecule has 0 spiro atoms. The van der Waals surface area contributed by atoms with E-state index in [1.54, 1.807) is 44.4 Å². The second kappa shape index (κ2) is 5.79. The predicted molar refractivity (Wildman–Crippen MR) is 83.0 cm³/mol. The number of carbonyl (C=O) groups excluding carboxylic acids is 1. The molecule has 0 aliphatic heterocycles. The maximum absolute atomic E-state index is 13.7. The molecule has 22 heavy (non-hydrogen) atoms. The van der Waals surface area contributed by atoms with Gasteiger partial charge in [0.05, 0.1) is 0 Å². The van der Waals surface area contributed by atoms with Crippen LogP contribution in [0.4, 0.5) is 4.39 Å². The highest BCUT2D eigenvalue weighted by Gasteiger charge is 2.20. The lowest BCUT2D eigenvalue weighted by Gasteiger charge is -2.13. The van der Waals surface area contributed by atoms with Crippen LogP contribution in [0, 0.1) is 5.82 Å². The first-order valence-corrected chi connectivity index (χ1v) is 7.36. The normalized spacial score (nSPS) is 12.9. The third-order valence-corrected chi connectivity index (χ3v) is 3.92. The number of halogens is 1. The number of ether oxygens (including phenoxy) is 1. The molecule has 0 N–H and O–H groups in total. The summed E-state index contributed by atoms with van der Waals surface area (Å²) >= 11 is 0. The molecule has 3 rings (SSSR count). The number of rotatable bonds is 3. The van der Waals surface area contributed by atoms with Crippen LogP contribution in [0.1, 0.15) is 27.9 Å². The summed E-state index contributed by atoms with van der Waals surface area (Å²) in [6.07, 6.45) is 2.58. The third-order valence-electron chi connectivity index (χ3n) is 3.92. The lowest BCUT2D eigenvalue weighted by Crippen LogP contribution is -2.21. The van der Waals surface area contributed by atoms with Crippen LogP contribution < -0.4 is 4.74 Å². The zero-order chi connectivity index (χ0) is 15.7. The first-order chi connectivity index (χ1) is 10.6. The molecule has 0 fully saturated rings. The molecule has 0 saturated carbocycles. The van der Waals surface area contributed by atoms with E-state index in [4.69, 9.17) is 4.74 Å². The Labute approximate surface area is 129 Å². The van der Waals surface area contributed by atoms with E-state index < -0.39 is 0 Å². The number of hydrogen-bond donors (Lipinski definition) is 0. The van der Waals surface area contributed by atoms with Crippen LogP contribution in [0.15, 0.2) is 36.4 Å². The minimum atomic E-state index is -0.147. The second-order valence-electron chi connectivity index (χ2n) is 5.68. The highest BCUT2D eigenvalue weighted by molar-refractivity contribution is 5.93. The Morgan fingerprint density at radius 1 is 1.05 bits per heavy atom. The molecule has 114 valence electrons. The van der Waals surface area contributed by atoms with Crippen molar-refractivity contribution in [2.45, 2.75) is 19.3 Å². The summed E-state index contributed by atoms with van der Waals surface area (Å²) in [5.41, 5.74) is 2.35. The van der Waals surface area contributed by atoms with Crippen molar-refractivity contribution in [1.29, 1.82) is 0 Å². The van der Waals surface area contributed by atoms with Crippen LogP contribution in [0.3, 0.4) is 0 Å². The largest absolute Gasteiger partial charge is 0.457 e. The quantitative estimate of drug-likeness (QED) is 0.862. The number of hydrogen-bond acceptors (Lipinski definition) is 2. The summed E-state index contributed by atoms with van der Waals surface area (Å²) in [7, 11) is 3.43. The molecule has 0 aromatic heterocycles. The van der Waals surface area contributed by atoms with Crippen molar-refractivity contribution in [3.05, 3.63) is 58.9 Å². The van der Waals surface area contributed by atoms with E-state index in [2.05, 4.69) is 0 Å². The Balaban J connectivity index is 1.83. The summed E-state index contributed by atoms with van der Waals surface area (Å²) in [6, 6.07) is 10.1. The Kier molecular flexibility index (Phi) is 3.84. The van der Waals surface area contributed by atoms with Gasteiger partial charge in [0.25, 0.3) is 5.91 Å². The molecule has 2 aromatic rings. The highest BCUT2D eigenvalue weighted by Crippen LogP contribution is 2.35. The highest BCUT2D eigenvalue weighted by atomic mass is 19.1. The van der Waals surface area contributed by atoms with Crippen molar-refractivity contribution in [2.75, 3.05) is 14.1 Å². The Morgan fingerprint density at radius 3 is 2.41 bits per heavy atom. The van der Waals surface area contributed by atoms with E-state index in [0.717, 1.165) is 30.4 Å². The van der Waals surface area contributed by atoms with Gasteiger partial charge in [-0.2, -0.15) is 0 Å². The molecule has 0 unspecified atom stereocenters. The van der Waals surface area contributed by atoms with E-state index >= 15 is 0 Å². The summed E-state index contributed by atoms with van der Waals surface area (Å²) in [5, 5.41) is 0.